The van der Waals surface area contributed by atoms with Crippen LogP contribution in [-0.4, -0.2) is 13.0 Å². The molecule has 0 fully saturated rings. The summed E-state index contributed by atoms with van der Waals surface area (Å²) in [4.78, 5) is 14.6. The Morgan fingerprint density at radius 2 is 1.48 bits per heavy atom. The number of aryl methyl sites for hydroxylation is 3. The smallest absolute Gasteiger partial charge is 0 e. The van der Waals surface area contributed by atoms with Crippen molar-refractivity contribution in [3.63, 3.8) is 0 Å². The van der Waals surface area contributed by atoms with Crippen LogP contribution in [0.5, 0.6) is 0 Å². The van der Waals surface area contributed by atoms with Crippen molar-refractivity contribution < 1.29 is 36.1 Å². The van der Waals surface area contributed by atoms with Crippen LogP contribution >= 0.6 is 0 Å². The fraction of sp³-hybridized carbons (Fsp3) is 0.217. The van der Waals surface area contributed by atoms with Gasteiger partial charge in [0.15, 0.2) is 0 Å². The molecule has 2 aromatic rings. The number of carbonyl (C=O) groups excluding carboxylic acids is 1. The van der Waals surface area contributed by atoms with E-state index in [2.05, 4.69) is 32.6 Å². The van der Waals surface area contributed by atoms with Crippen LogP contribution in [0.15, 0.2) is 55.1 Å². The summed E-state index contributed by atoms with van der Waals surface area (Å²) in [6, 6.07) is 13.9. The number of benzene rings is 2. The predicted octanol–water partition coefficient (Wildman–Crippen LogP) is 4.58. The zero-order chi connectivity index (χ0) is 22.1. The molecule has 0 aliphatic rings. The van der Waals surface area contributed by atoms with Crippen LogP contribution in [0.25, 0.3) is 0 Å². The number of allylic oxidation sites excluding steroid dienone is 1. The second kappa shape index (κ2) is 18.8. The van der Waals surface area contributed by atoms with Gasteiger partial charge in [-0.15, -0.1) is 6.58 Å². The first-order valence-electron chi connectivity index (χ1n) is 8.20. The van der Waals surface area contributed by atoms with Gasteiger partial charge in [-0.1, -0.05) is 42.5 Å². The monoisotopic (exact) mass is 429 g/mol. The largest absolute Gasteiger partial charge is 0 e. The fourth-order valence-corrected chi connectivity index (χ4v) is 2.75. The van der Waals surface area contributed by atoms with Crippen molar-refractivity contribution in [3.8, 4) is 0 Å². The third-order valence-electron chi connectivity index (χ3n) is 3.95. The minimum atomic E-state index is 0. The molecular formula is C23H23CrNO4. The van der Waals surface area contributed by atoms with E-state index >= 15 is 0 Å². The van der Waals surface area contributed by atoms with E-state index in [-0.39, 0.29) is 23.3 Å². The summed E-state index contributed by atoms with van der Waals surface area (Å²) in [7, 11) is 1.86. The molecule has 0 bridgehead atoms. The summed E-state index contributed by atoms with van der Waals surface area (Å²) in [5.41, 5.74) is 5.07. The molecule has 29 heavy (non-hydrogen) atoms. The van der Waals surface area contributed by atoms with E-state index in [9.17, 15) is 4.79 Å². The van der Waals surface area contributed by atoms with Gasteiger partial charge >= 0.3 is 33.9 Å². The molecule has 2 aromatic carbocycles. The molecule has 0 aliphatic carbocycles. The van der Waals surface area contributed by atoms with Crippen LogP contribution in [0.3, 0.4) is 0 Å². The zero-order valence-corrected chi connectivity index (χ0v) is 18.0. The van der Waals surface area contributed by atoms with E-state index in [1.165, 1.54) is 5.56 Å². The van der Waals surface area contributed by atoms with Crippen molar-refractivity contribution in [2.75, 3.05) is 11.9 Å². The molecule has 0 aliphatic heterocycles. The molecule has 0 radical (unpaired) electrons. The average Bonchev–Trinajstić information content (AvgIpc) is 2.76. The Morgan fingerprint density at radius 3 is 2.00 bits per heavy atom. The van der Waals surface area contributed by atoms with E-state index in [4.69, 9.17) is 14.0 Å². The van der Waals surface area contributed by atoms with E-state index in [0.717, 1.165) is 35.2 Å². The molecule has 0 aromatic heterocycles. The molecule has 0 N–H and O–H groups in total. The number of carbonyl (C=O) groups is 1. The van der Waals surface area contributed by atoms with Gasteiger partial charge in [0.05, 0.1) is 0 Å². The molecule has 0 heterocycles. The normalized spacial score (nSPS) is 8.03. The molecule has 0 unspecified atom stereocenters. The Bertz CT molecular complexity index is 811. The fourth-order valence-electron chi connectivity index (χ4n) is 2.75. The quantitative estimate of drug-likeness (QED) is 0.389. The molecule has 2 rings (SSSR count). The minimum absolute atomic E-state index is 0. The van der Waals surface area contributed by atoms with Gasteiger partial charge < -0.3 is 4.90 Å². The summed E-state index contributed by atoms with van der Waals surface area (Å²) in [6.45, 7) is 21.3. The second-order valence-corrected chi connectivity index (χ2v) is 5.59. The molecule has 5 nitrogen and oxygen atoms in total. The molecule has 1 amide bonds. The average molecular weight is 429 g/mol. The maximum atomic E-state index is 12.8. The number of para-hydroxylation sites is 1. The Balaban J connectivity index is -0.000000883. The Morgan fingerprint density at radius 1 is 0.966 bits per heavy atom. The van der Waals surface area contributed by atoms with Gasteiger partial charge in [-0.25, -0.2) is 0 Å². The second-order valence-electron chi connectivity index (χ2n) is 5.59. The molecule has 0 saturated carbocycles. The van der Waals surface area contributed by atoms with Crippen LogP contribution < -0.4 is 4.90 Å². The van der Waals surface area contributed by atoms with Crippen molar-refractivity contribution in [1.82, 2.24) is 0 Å². The van der Waals surface area contributed by atoms with Crippen LogP contribution in [0.4, 0.5) is 5.69 Å². The summed E-state index contributed by atoms with van der Waals surface area (Å²) in [5.74, 6) is 0.0345. The first kappa shape index (κ1) is 31.1. The van der Waals surface area contributed by atoms with Crippen molar-refractivity contribution in [2.24, 2.45) is 0 Å². The maximum Gasteiger partial charge on any atom is 0 e. The topological polar surface area (TPSA) is 80.0 Å². The van der Waals surface area contributed by atoms with Gasteiger partial charge in [0.1, 0.15) is 0 Å². The van der Waals surface area contributed by atoms with Crippen LogP contribution in [-0.2, 0) is 37.7 Å². The minimum Gasteiger partial charge on any atom is 0 e. The summed E-state index contributed by atoms with van der Waals surface area (Å²) in [6.07, 6.45) is 3.71. The van der Waals surface area contributed by atoms with Crippen LogP contribution in [0.2, 0.25) is 0 Å². The number of rotatable bonds is 5. The third-order valence-corrected chi connectivity index (χ3v) is 3.95. The summed E-state index contributed by atoms with van der Waals surface area (Å²) in [5, 5.41) is 0. The first-order chi connectivity index (χ1) is 13.6. The third kappa shape index (κ3) is 9.43. The Hall–Kier alpha value is -2.60. The van der Waals surface area contributed by atoms with Crippen molar-refractivity contribution in [2.45, 2.75) is 26.7 Å². The van der Waals surface area contributed by atoms with Gasteiger partial charge in [-0.2, -0.15) is 0 Å². The number of nitrogens with zero attached hydrogens (tertiary/aromatic N) is 1. The van der Waals surface area contributed by atoms with Gasteiger partial charge in [-0.05, 0) is 49.4 Å². The Kier molecular flexibility index (Phi) is 20.1. The van der Waals surface area contributed by atoms with Crippen LogP contribution in [0.1, 0.15) is 33.5 Å². The molecular weight excluding hydrogens is 406 g/mol. The summed E-state index contributed by atoms with van der Waals surface area (Å²) < 4.78 is 22.5. The number of hydrogen-bond acceptors (Lipinski definition) is 1. The number of hydrogen-bond donors (Lipinski definition) is 0. The molecule has 6 heteroatoms. The number of amides is 1. The van der Waals surface area contributed by atoms with E-state index < -0.39 is 0 Å². The SMILES string of the molecule is C=CCCc1cccc(C)c1N(C)C(=O)c1ccccc1C.[C-]#[O+].[C-]#[O+].[C-]#[O+].[Cr]. The van der Waals surface area contributed by atoms with Gasteiger partial charge in [0.25, 0.3) is 5.91 Å². The maximum absolute atomic E-state index is 12.8. The van der Waals surface area contributed by atoms with Gasteiger partial charge in [-0.3, -0.25) is 4.79 Å². The van der Waals surface area contributed by atoms with Gasteiger partial charge in [0, 0.05) is 35.7 Å². The zero-order valence-electron chi connectivity index (χ0n) is 16.7. The molecule has 0 spiro atoms. The van der Waals surface area contributed by atoms with Crippen LogP contribution in [0, 0.1) is 33.8 Å². The summed E-state index contributed by atoms with van der Waals surface area (Å²) >= 11 is 0. The van der Waals surface area contributed by atoms with Crippen molar-refractivity contribution in [1.29, 1.82) is 0 Å². The molecule has 0 saturated heterocycles. The molecule has 0 atom stereocenters. The Labute approximate surface area is 183 Å². The van der Waals surface area contributed by atoms with Crippen molar-refractivity contribution in [3.05, 3.63) is 97.3 Å². The first-order valence-corrected chi connectivity index (χ1v) is 8.20. The van der Waals surface area contributed by atoms with E-state index in [0.29, 0.717) is 0 Å². The van der Waals surface area contributed by atoms with E-state index in [1.807, 2.05) is 63.4 Å². The molecule has 150 valence electrons. The standard InChI is InChI=1S/C20H23NO.3CO.Cr/c1-5-6-12-17-13-9-11-16(3)19(17)21(4)20(22)18-14-8-7-10-15(18)2;3*1-2;/h5,7-11,13-14H,1,6,12H2,2-4H3;;;;. The number of anilines is 1. The van der Waals surface area contributed by atoms with Gasteiger partial charge in [0.2, 0.25) is 0 Å². The van der Waals surface area contributed by atoms with E-state index in [1.54, 1.807) is 4.90 Å². The van der Waals surface area contributed by atoms with Crippen molar-refractivity contribution >= 4 is 11.6 Å². The predicted molar refractivity (Wildman–Crippen MR) is 105 cm³/mol.